The number of nitrogens with zero attached hydrogens (tertiary/aromatic N) is 1. The Balaban J connectivity index is 1.70. The van der Waals surface area contributed by atoms with Crippen molar-refractivity contribution in [2.24, 2.45) is 0 Å². The number of ether oxygens (including phenoxy) is 2. The number of para-hydroxylation sites is 1. The quantitative estimate of drug-likeness (QED) is 0.495. The molecule has 4 rings (SSSR count). The smallest absolute Gasteiger partial charge is 0.262 e. The molecule has 0 aliphatic carbocycles. The van der Waals surface area contributed by atoms with Crippen molar-refractivity contribution >= 4 is 17.3 Å². The summed E-state index contributed by atoms with van der Waals surface area (Å²) in [5, 5.41) is 0. The zero-order valence-electron chi connectivity index (χ0n) is 17.7. The van der Waals surface area contributed by atoms with E-state index in [0.717, 1.165) is 29.3 Å². The van der Waals surface area contributed by atoms with Gasteiger partial charge in [0.15, 0.2) is 0 Å². The van der Waals surface area contributed by atoms with E-state index in [4.69, 9.17) is 9.47 Å². The minimum absolute atomic E-state index is 0.0352. The van der Waals surface area contributed by atoms with Gasteiger partial charge in [-0.3, -0.25) is 9.69 Å². The number of carbonyl (C=O) groups excluding carboxylic acids is 1. The summed E-state index contributed by atoms with van der Waals surface area (Å²) < 4.78 is 11.1. The van der Waals surface area contributed by atoms with Crippen molar-refractivity contribution in [3.05, 3.63) is 90.0 Å². The van der Waals surface area contributed by atoms with E-state index >= 15 is 0 Å². The lowest BCUT2D eigenvalue weighted by Crippen LogP contribution is -2.26. The van der Waals surface area contributed by atoms with Crippen LogP contribution in [-0.4, -0.2) is 25.2 Å². The summed E-state index contributed by atoms with van der Waals surface area (Å²) in [6.07, 6.45) is 0.181. The lowest BCUT2D eigenvalue weighted by molar-refractivity contribution is 0.0999. The van der Waals surface area contributed by atoms with Crippen molar-refractivity contribution in [3.63, 3.8) is 0 Å². The normalized spacial score (nSPS) is 15.5. The minimum Gasteiger partial charge on any atom is -0.491 e. The monoisotopic (exact) mass is 401 g/mol. The molecule has 3 aromatic rings. The number of hydrogen-bond acceptors (Lipinski definition) is 3. The van der Waals surface area contributed by atoms with Gasteiger partial charge in [0.05, 0.1) is 12.3 Å². The molecule has 1 heterocycles. The van der Waals surface area contributed by atoms with Crippen LogP contribution in [0.4, 0.5) is 11.4 Å². The zero-order valence-corrected chi connectivity index (χ0v) is 17.7. The van der Waals surface area contributed by atoms with Gasteiger partial charge in [0, 0.05) is 17.3 Å². The maximum atomic E-state index is 13.7. The zero-order chi connectivity index (χ0) is 21.1. The number of rotatable bonds is 6. The Morgan fingerprint density at radius 2 is 1.67 bits per heavy atom. The SMILES string of the molecule is CC(C)(C)c1cccc(C(=O)N(c2ccccc2)c2cccc(OCC3CO3)c2)c1. The molecule has 0 N–H and O–H groups in total. The molecule has 3 aromatic carbocycles. The largest absolute Gasteiger partial charge is 0.491 e. The molecule has 1 saturated heterocycles. The molecule has 4 heteroatoms. The van der Waals surface area contributed by atoms with Crippen LogP contribution in [0, 0.1) is 0 Å². The first-order chi connectivity index (χ1) is 14.4. The van der Waals surface area contributed by atoms with Crippen molar-refractivity contribution in [2.45, 2.75) is 32.3 Å². The number of hydrogen-bond donors (Lipinski definition) is 0. The first kappa shape index (κ1) is 20.2. The van der Waals surface area contributed by atoms with Crippen molar-refractivity contribution in [3.8, 4) is 5.75 Å². The fraction of sp³-hybridized carbons (Fsp3) is 0.269. The third-order valence-electron chi connectivity index (χ3n) is 5.11. The highest BCUT2D eigenvalue weighted by Gasteiger charge is 2.24. The van der Waals surface area contributed by atoms with Crippen LogP contribution in [0.2, 0.25) is 0 Å². The molecule has 1 fully saturated rings. The lowest BCUT2D eigenvalue weighted by Gasteiger charge is -2.25. The van der Waals surface area contributed by atoms with Gasteiger partial charge in [0.2, 0.25) is 0 Å². The van der Waals surface area contributed by atoms with Crippen LogP contribution in [0.5, 0.6) is 5.75 Å². The predicted octanol–water partition coefficient (Wildman–Crippen LogP) is 5.74. The number of amides is 1. The van der Waals surface area contributed by atoms with E-state index in [0.29, 0.717) is 12.2 Å². The standard InChI is InChI=1S/C26H27NO3/c1-26(2,3)20-10-7-9-19(15-20)25(28)27(21-11-5-4-6-12-21)22-13-8-14-23(16-22)29-17-24-18-30-24/h4-16,24H,17-18H2,1-3H3. The molecule has 0 spiro atoms. The molecule has 0 saturated carbocycles. The Kier molecular flexibility index (Phi) is 5.60. The second-order valence-electron chi connectivity index (χ2n) is 8.57. The van der Waals surface area contributed by atoms with Crippen LogP contribution in [0.15, 0.2) is 78.9 Å². The second-order valence-corrected chi connectivity index (χ2v) is 8.57. The summed E-state index contributed by atoms with van der Waals surface area (Å²) in [6.45, 7) is 7.72. The molecule has 0 bridgehead atoms. The summed E-state index contributed by atoms with van der Waals surface area (Å²) in [5.41, 5.74) is 3.33. The number of carbonyl (C=O) groups is 1. The van der Waals surface area contributed by atoms with E-state index in [9.17, 15) is 4.79 Å². The maximum absolute atomic E-state index is 13.7. The average molecular weight is 402 g/mol. The molecule has 4 nitrogen and oxygen atoms in total. The fourth-order valence-corrected chi connectivity index (χ4v) is 3.27. The van der Waals surface area contributed by atoms with Crippen LogP contribution in [0.25, 0.3) is 0 Å². The lowest BCUT2D eigenvalue weighted by atomic mass is 9.86. The van der Waals surface area contributed by atoms with Gasteiger partial charge < -0.3 is 9.47 Å². The van der Waals surface area contributed by atoms with E-state index < -0.39 is 0 Å². The summed E-state index contributed by atoms with van der Waals surface area (Å²) >= 11 is 0. The molecule has 1 amide bonds. The molecular formula is C26H27NO3. The topological polar surface area (TPSA) is 42.1 Å². The average Bonchev–Trinajstić information content (AvgIpc) is 3.58. The predicted molar refractivity (Wildman–Crippen MR) is 120 cm³/mol. The third kappa shape index (κ3) is 4.71. The molecule has 1 atom stereocenters. The van der Waals surface area contributed by atoms with Gasteiger partial charge in [-0.25, -0.2) is 0 Å². The van der Waals surface area contributed by atoms with Gasteiger partial charge in [-0.05, 0) is 47.4 Å². The molecule has 1 aliphatic heterocycles. The molecule has 0 aromatic heterocycles. The van der Waals surface area contributed by atoms with Crippen LogP contribution >= 0.6 is 0 Å². The highest BCUT2D eigenvalue weighted by atomic mass is 16.6. The summed E-state index contributed by atoms with van der Waals surface area (Å²) in [6, 6.07) is 25.2. The molecular weight excluding hydrogens is 374 g/mol. The van der Waals surface area contributed by atoms with E-state index in [1.807, 2.05) is 72.8 Å². The number of benzene rings is 3. The molecule has 0 radical (unpaired) electrons. The number of epoxide rings is 1. The Hall–Kier alpha value is -3.11. The Labute approximate surface area is 178 Å². The van der Waals surface area contributed by atoms with E-state index in [1.54, 1.807) is 4.90 Å². The van der Waals surface area contributed by atoms with Gasteiger partial charge in [-0.15, -0.1) is 0 Å². The first-order valence-corrected chi connectivity index (χ1v) is 10.3. The Morgan fingerprint density at radius 3 is 2.37 bits per heavy atom. The van der Waals surface area contributed by atoms with E-state index in [1.165, 1.54) is 0 Å². The highest BCUT2D eigenvalue weighted by Crippen LogP contribution is 2.31. The van der Waals surface area contributed by atoms with E-state index in [-0.39, 0.29) is 17.4 Å². The van der Waals surface area contributed by atoms with Crippen LogP contribution < -0.4 is 9.64 Å². The fourth-order valence-electron chi connectivity index (χ4n) is 3.27. The molecule has 30 heavy (non-hydrogen) atoms. The van der Waals surface area contributed by atoms with Crippen molar-refractivity contribution in [1.29, 1.82) is 0 Å². The molecule has 154 valence electrons. The Morgan fingerprint density at radius 1 is 0.967 bits per heavy atom. The highest BCUT2D eigenvalue weighted by molar-refractivity contribution is 6.11. The van der Waals surface area contributed by atoms with Gasteiger partial charge >= 0.3 is 0 Å². The third-order valence-corrected chi connectivity index (χ3v) is 5.11. The Bertz CT molecular complexity index is 1020. The van der Waals surface area contributed by atoms with Gasteiger partial charge in [-0.1, -0.05) is 57.2 Å². The van der Waals surface area contributed by atoms with Gasteiger partial charge in [0.1, 0.15) is 18.5 Å². The summed E-state index contributed by atoms with van der Waals surface area (Å²) in [5.74, 6) is 0.648. The second kappa shape index (κ2) is 8.33. The summed E-state index contributed by atoms with van der Waals surface area (Å²) in [7, 11) is 0. The van der Waals surface area contributed by atoms with Crippen molar-refractivity contribution < 1.29 is 14.3 Å². The first-order valence-electron chi connectivity index (χ1n) is 10.3. The number of anilines is 2. The van der Waals surface area contributed by atoms with Crippen LogP contribution in [-0.2, 0) is 10.2 Å². The minimum atomic E-state index is -0.0741. The van der Waals surface area contributed by atoms with E-state index in [2.05, 4.69) is 26.8 Å². The summed E-state index contributed by atoms with van der Waals surface area (Å²) in [4.78, 5) is 15.4. The molecule has 1 unspecified atom stereocenters. The van der Waals surface area contributed by atoms with Gasteiger partial charge in [0.25, 0.3) is 5.91 Å². The van der Waals surface area contributed by atoms with Gasteiger partial charge in [-0.2, -0.15) is 0 Å². The van der Waals surface area contributed by atoms with Crippen LogP contribution in [0.1, 0.15) is 36.7 Å². The van der Waals surface area contributed by atoms with Crippen molar-refractivity contribution in [2.75, 3.05) is 18.1 Å². The van der Waals surface area contributed by atoms with Crippen LogP contribution in [0.3, 0.4) is 0 Å². The molecule has 1 aliphatic rings. The van der Waals surface area contributed by atoms with Crippen molar-refractivity contribution in [1.82, 2.24) is 0 Å². The maximum Gasteiger partial charge on any atom is 0.262 e.